The second-order valence-electron chi connectivity index (χ2n) is 8.08. The van der Waals surface area contributed by atoms with Crippen molar-refractivity contribution in [2.45, 2.75) is 39.3 Å². The van der Waals surface area contributed by atoms with E-state index in [1.165, 1.54) is 11.8 Å². The van der Waals surface area contributed by atoms with Crippen LogP contribution in [0.4, 0.5) is 0 Å². The van der Waals surface area contributed by atoms with Crippen molar-refractivity contribution in [3.63, 3.8) is 0 Å². The van der Waals surface area contributed by atoms with Crippen molar-refractivity contribution in [3.05, 3.63) is 34.6 Å². The van der Waals surface area contributed by atoms with Gasteiger partial charge >= 0.3 is 0 Å². The Hall–Kier alpha value is -2.05. The van der Waals surface area contributed by atoms with Crippen LogP contribution < -0.4 is 9.47 Å². The Labute approximate surface area is 181 Å². The molecular weight excluding hydrogens is 406 g/mol. The topological polar surface area (TPSA) is 57.1 Å². The van der Waals surface area contributed by atoms with Crippen molar-refractivity contribution < 1.29 is 9.47 Å². The summed E-state index contributed by atoms with van der Waals surface area (Å²) >= 11 is 8.23. The average Bonchev–Trinajstić information content (AvgIpc) is 2.67. The number of aromatic nitrogens is 3. The minimum Gasteiger partial charge on any atom is -0.496 e. The summed E-state index contributed by atoms with van der Waals surface area (Å²) in [7, 11) is 3.23. The fourth-order valence-electron chi connectivity index (χ4n) is 3.31. The Morgan fingerprint density at radius 3 is 2.34 bits per heavy atom. The molecule has 0 N–H and O–H groups in total. The SMILES string of the molecule is COc1cc(OC)c(Cl)c(-c2cc3cnc(SC)nc3c(CC(C)(C)C)n2)c1C. The van der Waals surface area contributed by atoms with Gasteiger partial charge in [-0.15, -0.1) is 0 Å². The van der Waals surface area contributed by atoms with E-state index in [-0.39, 0.29) is 5.41 Å². The molecule has 0 aliphatic heterocycles. The van der Waals surface area contributed by atoms with Crippen LogP contribution in [0.15, 0.2) is 23.5 Å². The second kappa shape index (κ2) is 8.36. The monoisotopic (exact) mass is 431 g/mol. The van der Waals surface area contributed by atoms with Crippen LogP contribution in [0, 0.1) is 12.3 Å². The van der Waals surface area contributed by atoms with Gasteiger partial charge in [-0.05, 0) is 31.1 Å². The lowest BCUT2D eigenvalue weighted by atomic mass is 9.89. The number of methoxy groups -OCH3 is 2. The molecule has 5 nitrogen and oxygen atoms in total. The number of rotatable bonds is 5. The maximum Gasteiger partial charge on any atom is 0.187 e. The standard InChI is InChI=1S/C22H26ClN3O2S/c1-12-16(27-5)9-17(28-6)19(23)18(12)14-8-13-11-24-21(29-7)26-20(13)15(25-14)10-22(2,3)4/h8-9,11H,10H2,1-7H3. The Morgan fingerprint density at radius 1 is 1.07 bits per heavy atom. The summed E-state index contributed by atoms with van der Waals surface area (Å²) in [6, 6.07) is 3.78. The number of halogens is 1. The van der Waals surface area contributed by atoms with E-state index in [1.54, 1.807) is 20.3 Å². The van der Waals surface area contributed by atoms with E-state index in [2.05, 4.69) is 25.8 Å². The van der Waals surface area contributed by atoms with Crippen molar-refractivity contribution in [1.29, 1.82) is 0 Å². The molecule has 0 amide bonds. The molecule has 0 unspecified atom stereocenters. The highest BCUT2D eigenvalue weighted by atomic mass is 35.5. The number of hydrogen-bond acceptors (Lipinski definition) is 6. The molecule has 2 aromatic heterocycles. The van der Waals surface area contributed by atoms with Crippen molar-refractivity contribution in [1.82, 2.24) is 15.0 Å². The van der Waals surface area contributed by atoms with Crippen LogP contribution >= 0.6 is 23.4 Å². The zero-order valence-electron chi connectivity index (χ0n) is 17.9. The molecule has 0 saturated carbocycles. The van der Waals surface area contributed by atoms with E-state index in [9.17, 15) is 0 Å². The Balaban J connectivity index is 2.34. The lowest BCUT2D eigenvalue weighted by Crippen LogP contribution is -2.12. The van der Waals surface area contributed by atoms with E-state index >= 15 is 0 Å². The van der Waals surface area contributed by atoms with E-state index in [0.29, 0.717) is 16.5 Å². The summed E-state index contributed by atoms with van der Waals surface area (Å²) in [6.07, 6.45) is 4.60. The van der Waals surface area contributed by atoms with Gasteiger partial charge in [0.15, 0.2) is 5.16 Å². The summed E-state index contributed by atoms with van der Waals surface area (Å²) in [5.41, 5.74) is 4.33. The smallest absolute Gasteiger partial charge is 0.187 e. The maximum atomic E-state index is 6.71. The highest BCUT2D eigenvalue weighted by molar-refractivity contribution is 7.98. The van der Waals surface area contributed by atoms with Crippen LogP contribution in [0.1, 0.15) is 32.0 Å². The fraction of sp³-hybridized carbons (Fsp3) is 0.409. The minimum absolute atomic E-state index is 0.0495. The van der Waals surface area contributed by atoms with Gasteiger partial charge < -0.3 is 9.47 Å². The first-order valence-electron chi connectivity index (χ1n) is 9.30. The third-order valence-corrected chi connectivity index (χ3v) is 5.57. The zero-order chi connectivity index (χ0) is 21.3. The van der Waals surface area contributed by atoms with Gasteiger partial charge in [-0.25, -0.2) is 9.97 Å². The predicted molar refractivity (Wildman–Crippen MR) is 121 cm³/mol. The summed E-state index contributed by atoms with van der Waals surface area (Å²) in [6.45, 7) is 8.55. The van der Waals surface area contributed by atoms with Gasteiger partial charge in [0.2, 0.25) is 0 Å². The number of benzene rings is 1. The third-order valence-electron chi connectivity index (χ3n) is 4.63. The Kier molecular flexibility index (Phi) is 6.24. The quantitative estimate of drug-likeness (QED) is 0.365. The lowest BCUT2D eigenvalue weighted by Gasteiger charge is -2.20. The molecule has 7 heteroatoms. The molecule has 2 heterocycles. The van der Waals surface area contributed by atoms with Crippen molar-refractivity contribution in [2.75, 3.05) is 20.5 Å². The molecule has 154 valence electrons. The minimum atomic E-state index is 0.0495. The van der Waals surface area contributed by atoms with E-state index < -0.39 is 0 Å². The third kappa shape index (κ3) is 4.43. The van der Waals surface area contributed by atoms with E-state index in [1.807, 2.05) is 25.4 Å². The molecule has 3 rings (SSSR count). The van der Waals surface area contributed by atoms with Crippen LogP contribution in [0.25, 0.3) is 22.2 Å². The summed E-state index contributed by atoms with van der Waals surface area (Å²) < 4.78 is 11.0. The molecule has 0 aliphatic rings. The molecule has 0 spiro atoms. The van der Waals surface area contributed by atoms with Gasteiger partial charge in [-0.2, -0.15) is 0 Å². The summed E-state index contributed by atoms with van der Waals surface area (Å²) in [5.74, 6) is 1.26. The van der Waals surface area contributed by atoms with Gasteiger partial charge in [0.05, 0.1) is 36.1 Å². The summed E-state index contributed by atoms with van der Waals surface area (Å²) in [4.78, 5) is 14.2. The molecule has 0 aliphatic carbocycles. The molecule has 0 radical (unpaired) electrons. The van der Waals surface area contributed by atoms with Crippen molar-refractivity contribution in [3.8, 4) is 22.8 Å². The largest absolute Gasteiger partial charge is 0.496 e. The number of hydrogen-bond donors (Lipinski definition) is 0. The van der Waals surface area contributed by atoms with Gasteiger partial charge in [-0.3, -0.25) is 4.98 Å². The zero-order valence-corrected chi connectivity index (χ0v) is 19.5. The fourth-order valence-corrected chi connectivity index (χ4v) is 4.02. The lowest BCUT2D eigenvalue weighted by molar-refractivity contribution is 0.393. The Morgan fingerprint density at radius 2 is 1.76 bits per heavy atom. The van der Waals surface area contributed by atoms with Gasteiger partial charge in [0.25, 0.3) is 0 Å². The second-order valence-corrected chi connectivity index (χ2v) is 9.23. The van der Waals surface area contributed by atoms with Crippen molar-refractivity contribution >= 4 is 34.3 Å². The van der Waals surface area contributed by atoms with Crippen molar-refractivity contribution in [2.24, 2.45) is 5.41 Å². The molecule has 3 aromatic rings. The van der Waals surface area contributed by atoms with Gasteiger partial charge in [-0.1, -0.05) is 44.1 Å². The highest BCUT2D eigenvalue weighted by Crippen LogP contribution is 2.43. The van der Waals surface area contributed by atoms with Crippen LogP contribution in [-0.2, 0) is 6.42 Å². The number of pyridine rings is 1. The molecule has 0 bridgehead atoms. The molecule has 1 aromatic carbocycles. The van der Waals surface area contributed by atoms with Gasteiger partial charge in [0.1, 0.15) is 11.5 Å². The van der Waals surface area contributed by atoms with E-state index in [0.717, 1.165) is 45.0 Å². The number of nitrogens with zero attached hydrogens (tertiary/aromatic N) is 3. The average molecular weight is 432 g/mol. The first kappa shape index (κ1) is 21.7. The number of ether oxygens (including phenoxy) is 2. The summed E-state index contributed by atoms with van der Waals surface area (Å²) in [5, 5.41) is 2.18. The normalized spacial score (nSPS) is 11.7. The maximum absolute atomic E-state index is 6.71. The van der Waals surface area contributed by atoms with Crippen LogP contribution in [0.5, 0.6) is 11.5 Å². The molecule has 0 fully saturated rings. The Bertz CT molecular complexity index is 1040. The molecule has 29 heavy (non-hydrogen) atoms. The highest BCUT2D eigenvalue weighted by Gasteiger charge is 2.22. The molecular formula is C22H26ClN3O2S. The molecule has 0 atom stereocenters. The number of thioether (sulfide) groups is 1. The van der Waals surface area contributed by atoms with Gasteiger partial charge in [0, 0.05) is 28.8 Å². The predicted octanol–water partition coefficient (Wildman–Crippen LogP) is 5.98. The van der Waals surface area contributed by atoms with Crippen LogP contribution in [0.3, 0.4) is 0 Å². The van der Waals surface area contributed by atoms with Crippen LogP contribution in [-0.4, -0.2) is 35.4 Å². The first-order valence-corrected chi connectivity index (χ1v) is 10.9. The first-order chi connectivity index (χ1) is 13.7. The van der Waals surface area contributed by atoms with E-state index in [4.69, 9.17) is 31.0 Å². The molecule has 0 saturated heterocycles. The number of fused-ring (bicyclic) bond motifs is 1. The van der Waals surface area contributed by atoms with Crippen LogP contribution in [0.2, 0.25) is 5.02 Å².